The van der Waals surface area contributed by atoms with Gasteiger partial charge in [0.1, 0.15) is 23.6 Å². The normalized spacial score (nSPS) is 16.1. The largest absolute Gasteiger partial charge is 0.460 e. The molecule has 0 bridgehead atoms. The van der Waals surface area contributed by atoms with Crippen LogP contribution >= 0.6 is 11.6 Å². The van der Waals surface area contributed by atoms with Gasteiger partial charge >= 0.3 is 0 Å². The highest BCUT2D eigenvalue weighted by Crippen LogP contribution is 2.37. The third kappa shape index (κ3) is 6.47. The highest BCUT2D eigenvalue weighted by molar-refractivity contribution is 6.31. The average Bonchev–Trinajstić information content (AvgIpc) is 3.48. The lowest BCUT2D eigenvalue weighted by atomic mass is 9.97. The molecule has 42 heavy (non-hydrogen) atoms. The maximum absolute atomic E-state index is 13.9. The van der Waals surface area contributed by atoms with Gasteiger partial charge in [-0.3, -0.25) is 14.3 Å². The number of fused-ring (bicyclic) bond motifs is 1. The van der Waals surface area contributed by atoms with Crippen molar-refractivity contribution in [1.29, 1.82) is 0 Å². The first-order valence-electron chi connectivity index (χ1n) is 13.6. The van der Waals surface area contributed by atoms with Gasteiger partial charge in [-0.05, 0) is 57.1 Å². The lowest BCUT2D eigenvalue weighted by Gasteiger charge is -2.34. The van der Waals surface area contributed by atoms with Crippen molar-refractivity contribution in [3.63, 3.8) is 0 Å². The fourth-order valence-corrected chi connectivity index (χ4v) is 5.43. The number of alkyl halides is 1. The van der Waals surface area contributed by atoms with E-state index in [1.807, 2.05) is 19.0 Å². The Morgan fingerprint density at radius 1 is 1.31 bits per heavy atom. The molecule has 1 aromatic carbocycles. The molecule has 0 saturated carbocycles. The number of nitrogens with two attached hydrogens (primary N) is 1. The van der Waals surface area contributed by atoms with Crippen LogP contribution in [-0.2, 0) is 11.3 Å². The summed E-state index contributed by atoms with van der Waals surface area (Å²) in [6.07, 6.45) is 5.07. The number of benzene rings is 1. The highest BCUT2D eigenvalue weighted by atomic mass is 35.5. The van der Waals surface area contributed by atoms with E-state index in [1.165, 1.54) is 28.4 Å². The van der Waals surface area contributed by atoms with E-state index in [2.05, 4.69) is 25.4 Å². The number of hydrogen-bond donors (Lipinski definition) is 2. The van der Waals surface area contributed by atoms with Crippen molar-refractivity contribution in [2.24, 2.45) is 5.92 Å². The molecule has 1 aliphatic rings. The van der Waals surface area contributed by atoms with E-state index in [0.29, 0.717) is 29.6 Å². The average molecular weight is 598 g/mol. The van der Waals surface area contributed by atoms with Crippen molar-refractivity contribution in [1.82, 2.24) is 34.2 Å². The molecule has 3 aromatic heterocycles. The Hall–Kier alpha value is -4.23. The Bertz CT molecular complexity index is 1600. The fraction of sp³-hybridized carbons (Fsp3) is 0.393. The van der Waals surface area contributed by atoms with Crippen molar-refractivity contribution in [2.75, 3.05) is 44.8 Å². The summed E-state index contributed by atoms with van der Waals surface area (Å²) in [4.78, 5) is 35.1. The van der Waals surface area contributed by atoms with Crippen LogP contribution in [0.1, 0.15) is 30.1 Å². The van der Waals surface area contributed by atoms with Gasteiger partial charge in [-0.2, -0.15) is 5.10 Å². The van der Waals surface area contributed by atoms with E-state index in [-0.39, 0.29) is 46.6 Å². The number of carbonyl (C=O) groups excluding carboxylic acids is 2. The molecule has 14 heteroatoms. The molecule has 2 atom stereocenters. The van der Waals surface area contributed by atoms with Crippen LogP contribution in [0.3, 0.4) is 0 Å². The lowest BCUT2D eigenvalue weighted by molar-refractivity contribution is -0.134. The zero-order valence-corrected chi connectivity index (χ0v) is 24.4. The summed E-state index contributed by atoms with van der Waals surface area (Å²) in [6.45, 7) is 3.42. The number of nitrogen functional groups attached to an aromatic ring is 1. The first kappa shape index (κ1) is 29.3. The van der Waals surface area contributed by atoms with Gasteiger partial charge in [-0.1, -0.05) is 11.6 Å². The Kier molecular flexibility index (Phi) is 8.59. The van der Waals surface area contributed by atoms with E-state index in [1.54, 1.807) is 30.6 Å². The van der Waals surface area contributed by atoms with Gasteiger partial charge in [0.2, 0.25) is 12.3 Å². The van der Waals surface area contributed by atoms with Gasteiger partial charge in [0.15, 0.2) is 11.5 Å². The van der Waals surface area contributed by atoms with E-state index in [9.17, 15) is 14.0 Å². The first-order chi connectivity index (χ1) is 20.1. The van der Waals surface area contributed by atoms with E-state index in [0.717, 1.165) is 19.4 Å². The summed E-state index contributed by atoms with van der Waals surface area (Å²) in [5.41, 5.74) is 7.22. The maximum atomic E-state index is 13.9. The van der Waals surface area contributed by atoms with Crippen LogP contribution in [0.15, 0.2) is 42.9 Å². The van der Waals surface area contributed by atoms with Gasteiger partial charge in [-0.25, -0.2) is 13.9 Å². The smallest absolute Gasteiger partial charge is 0.263 e. The second kappa shape index (κ2) is 12.3. The van der Waals surface area contributed by atoms with E-state index >= 15 is 0 Å². The molecule has 3 N–H and O–H groups in total. The maximum Gasteiger partial charge on any atom is 0.263 e. The summed E-state index contributed by atoms with van der Waals surface area (Å²) in [7, 11) is 4.05. The third-order valence-corrected chi connectivity index (χ3v) is 7.17. The number of hydrogen-bond acceptors (Lipinski definition) is 8. The third-order valence-electron chi connectivity index (χ3n) is 6.94. The Labute approximate surface area is 247 Å². The molecule has 0 spiro atoms. The summed E-state index contributed by atoms with van der Waals surface area (Å²) < 4.78 is 22.2. The zero-order valence-electron chi connectivity index (χ0n) is 23.6. The van der Waals surface area contributed by atoms with Gasteiger partial charge < -0.3 is 25.6 Å². The van der Waals surface area contributed by atoms with Crippen molar-refractivity contribution in [3.8, 4) is 17.0 Å². The molecule has 2 amide bonds. The molecule has 1 saturated heterocycles. The molecule has 1 aliphatic heterocycles. The number of aromatic nitrogens is 5. The van der Waals surface area contributed by atoms with Crippen LogP contribution in [0.25, 0.3) is 16.9 Å². The molecular weight excluding hydrogens is 565 g/mol. The number of nitrogens with one attached hydrogen (secondary N) is 1. The minimum atomic E-state index is -1.62. The summed E-state index contributed by atoms with van der Waals surface area (Å²) in [5, 5.41) is 12.0. The number of ether oxygens (including phenoxy) is 1. The van der Waals surface area contributed by atoms with Crippen molar-refractivity contribution in [2.45, 2.75) is 32.7 Å². The predicted octanol–water partition coefficient (Wildman–Crippen LogP) is 3.58. The minimum Gasteiger partial charge on any atom is -0.460 e. The van der Waals surface area contributed by atoms with Crippen LogP contribution in [0.2, 0.25) is 5.02 Å². The number of rotatable bonds is 9. The van der Waals surface area contributed by atoms with Crippen LogP contribution < -0.4 is 15.8 Å². The van der Waals surface area contributed by atoms with Gasteiger partial charge in [0.05, 0.1) is 5.69 Å². The van der Waals surface area contributed by atoms with E-state index in [4.69, 9.17) is 22.1 Å². The molecule has 222 valence electrons. The molecule has 2 unspecified atom stereocenters. The summed E-state index contributed by atoms with van der Waals surface area (Å²) >= 11 is 6.30. The molecule has 0 radical (unpaired) electrons. The molecule has 0 aliphatic carbocycles. The van der Waals surface area contributed by atoms with Crippen molar-refractivity contribution in [3.05, 3.63) is 53.4 Å². The minimum absolute atomic E-state index is 0.00858. The highest BCUT2D eigenvalue weighted by Gasteiger charge is 2.27. The monoisotopic (exact) mass is 597 g/mol. The molecule has 12 nitrogen and oxygen atoms in total. The molecule has 4 aromatic rings. The molecule has 5 rings (SSSR count). The first-order valence-corrected chi connectivity index (χ1v) is 14.0. The van der Waals surface area contributed by atoms with Crippen molar-refractivity contribution < 1.29 is 18.7 Å². The number of likely N-dealkylation sites (tertiary alicyclic amines) is 1. The SMILES string of the molecule is CC(F)Oc1ccc(Cl)cc1-c1nn(CC(=O)N2CCCC(CN(C)C)C2)cc1NC(=O)c1c(N)nn2cccnc12. The van der Waals surface area contributed by atoms with Crippen LogP contribution in [0.4, 0.5) is 15.9 Å². The Morgan fingerprint density at radius 2 is 2.12 bits per heavy atom. The second-order valence-corrected chi connectivity index (χ2v) is 11.0. The lowest BCUT2D eigenvalue weighted by Crippen LogP contribution is -2.44. The van der Waals surface area contributed by atoms with Gasteiger partial charge in [0, 0.05) is 55.7 Å². The summed E-state index contributed by atoms with van der Waals surface area (Å²) in [5.74, 6) is -0.132. The molecule has 1 fully saturated rings. The number of halogens is 2. The van der Waals surface area contributed by atoms with Crippen LogP contribution in [-0.4, -0.2) is 86.1 Å². The van der Waals surface area contributed by atoms with E-state index < -0.39 is 12.3 Å². The Morgan fingerprint density at radius 3 is 2.88 bits per heavy atom. The topological polar surface area (TPSA) is 136 Å². The zero-order chi connectivity index (χ0) is 30.0. The predicted molar refractivity (Wildman–Crippen MR) is 157 cm³/mol. The van der Waals surface area contributed by atoms with Crippen LogP contribution in [0.5, 0.6) is 5.75 Å². The standard InChI is InChI=1S/C28H33ClFN9O3/c1-17(30)42-22-8-7-19(29)12-20(22)25-21(33-28(41)24-26(31)35-39-11-5-9-32-27(24)39)15-38(34-25)16-23(40)37-10-4-6-18(14-37)13-36(2)3/h5,7-9,11-12,15,17-18H,4,6,10,13-14,16H2,1-3H3,(H2,31,35)(H,33,41). The quantitative estimate of drug-likeness (QED) is 0.299. The second-order valence-electron chi connectivity index (χ2n) is 10.6. The van der Waals surface area contributed by atoms with Crippen LogP contribution in [0, 0.1) is 5.92 Å². The number of piperidine rings is 1. The molecular formula is C28H33ClFN9O3. The fourth-order valence-electron chi connectivity index (χ4n) is 5.26. The summed E-state index contributed by atoms with van der Waals surface area (Å²) in [6, 6.07) is 6.31. The number of carbonyl (C=O) groups is 2. The number of nitrogens with zero attached hydrogens (tertiary/aromatic N) is 7. The van der Waals surface area contributed by atoms with Gasteiger partial charge in [-0.15, -0.1) is 5.10 Å². The van der Waals surface area contributed by atoms with Gasteiger partial charge in [0.25, 0.3) is 5.91 Å². The molecule has 4 heterocycles. The van der Waals surface area contributed by atoms with Crippen molar-refractivity contribution >= 4 is 40.6 Å². The Balaban J connectivity index is 1.49. The number of anilines is 2. The number of amides is 2.